The molecule has 0 rings (SSSR count). The van der Waals surface area contributed by atoms with Crippen molar-refractivity contribution in [2.45, 2.75) is 0 Å². The van der Waals surface area contributed by atoms with Gasteiger partial charge in [-0.25, -0.2) is 0 Å². The zero-order chi connectivity index (χ0) is 0. The SMILES string of the molecule is O.[Mg+2].[O-2].[O-2].[Y]. The Balaban J connectivity index is 0. The van der Waals surface area contributed by atoms with Crippen molar-refractivity contribution in [1.29, 1.82) is 0 Å². The molecule has 2 N–H and O–H groups in total. The summed E-state index contributed by atoms with van der Waals surface area (Å²) in [6, 6.07) is 0. The Kier molecular flexibility index (Phi) is 617. The molecule has 0 bridgehead atoms. The molecule has 0 aliphatic carbocycles. The molecule has 3 nitrogen and oxygen atoms in total. The molecule has 0 unspecified atom stereocenters. The van der Waals surface area contributed by atoms with Crippen molar-refractivity contribution in [1.82, 2.24) is 0 Å². The summed E-state index contributed by atoms with van der Waals surface area (Å²) in [5.41, 5.74) is 0. The first-order valence-electron chi connectivity index (χ1n) is 0. The van der Waals surface area contributed by atoms with E-state index in [1.807, 2.05) is 0 Å². The van der Waals surface area contributed by atoms with E-state index in [1.54, 1.807) is 0 Å². The molecule has 0 heterocycles. The van der Waals surface area contributed by atoms with Crippen LogP contribution in [0.5, 0.6) is 0 Å². The number of rotatable bonds is 0. The van der Waals surface area contributed by atoms with Crippen molar-refractivity contribution in [2.75, 3.05) is 0 Å². The van der Waals surface area contributed by atoms with Crippen LogP contribution >= 0.6 is 0 Å². The van der Waals surface area contributed by atoms with Gasteiger partial charge in [-0.3, -0.25) is 0 Å². The summed E-state index contributed by atoms with van der Waals surface area (Å²) < 4.78 is 0. The van der Waals surface area contributed by atoms with Crippen LogP contribution in [-0.4, -0.2) is 28.5 Å². The molecule has 0 spiro atoms. The summed E-state index contributed by atoms with van der Waals surface area (Å²) in [5, 5.41) is 0. The molecule has 0 aliphatic heterocycles. The Labute approximate surface area is 71.5 Å². The average Bonchev–Trinajstić information content (AvgIpc) is 0. The molecule has 27 valence electrons. The topological polar surface area (TPSA) is 88.5 Å². The minimum Gasteiger partial charge on any atom is -2.00 e. The predicted molar refractivity (Wildman–Crippen MR) is 10.7 cm³/mol. The summed E-state index contributed by atoms with van der Waals surface area (Å²) in [5.74, 6) is 0. The van der Waals surface area contributed by atoms with E-state index in [9.17, 15) is 0 Å². The zero-order valence-corrected chi connectivity index (χ0v) is 6.85. The molecule has 0 saturated carbocycles. The molecule has 0 aromatic carbocycles. The fourth-order valence-electron chi connectivity index (χ4n) is 0. The van der Waals surface area contributed by atoms with E-state index in [4.69, 9.17) is 0 Å². The van der Waals surface area contributed by atoms with Gasteiger partial charge in [-0.05, 0) is 0 Å². The van der Waals surface area contributed by atoms with Gasteiger partial charge in [-0.15, -0.1) is 0 Å². The second-order valence-electron chi connectivity index (χ2n) is 0. The van der Waals surface area contributed by atoms with Gasteiger partial charge in [0, 0.05) is 32.7 Å². The van der Waals surface area contributed by atoms with E-state index >= 15 is 0 Å². The van der Waals surface area contributed by atoms with E-state index in [0.29, 0.717) is 0 Å². The normalized spacial score (nSPS) is 0. The molecule has 0 saturated heterocycles. The fourth-order valence-corrected chi connectivity index (χ4v) is 0. The van der Waals surface area contributed by atoms with Gasteiger partial charge in [-0.1, -0.05) is 0 Å². The third-order valence-corrected chi connectivity index (χ3v) is 0. The largest absolute Gasteiger partial charge is 2.00 e. The van der Waals surface area contributed by atoms with Crippen molar-refractivity contribution < 1.29 is 49.1 Å². The second-order valence-corrected chi connectivity index (χ2v) is 0. The molecule has 0 aliphatic rings. The van der Waals surface area contributed by atoms with Crippen molar-refractivity contribution in [3.63, 3.8) is 0 Å². The monoisotopic (exact) mass is 163 g/mol. The molecule has 0 fully saturated rings. The minimum atomic E-state index is 0. The Morgan fingerprint density at radius 2 is 0.800 bits per heavy atom. The Morgan fingerprint density at radius 1 is 0.800 bits per heavy atom. The molecule has 0 aromatic heterocycles. The van der Waals surface area contributed by atoms with Crippen LogP contribution in [0.3, 0.4) is 0 Å². The smallest absolute Gasteiger partial charge is 2.00 e. The van der Waals surface area contributed by atoms with Crippen LogP contribution in [0, 0.1) is 0 Å². The molecule has 5 heteroatoms. The van der Waals surface area contributed by atoms with Crippen LogP contribution in [0.15, 0.2) is 0 Å². The maximum Gasteiger partial charge on any atom is 2.00 e. The summed E-state index contributed by atoms with van der Waals surface area (Å²) in [6.07, 6.45) is 0. The molecule has 5 heavy (non-hydrogen) atoms. The van der Waals surface area contributed by atoms with Gasteiger partial charge in [-0.2, -0.15) is 0 Å². The van der Waals surface area contributed by atoms with E-state index in [0.717, 1.165) is 0 Å². The van der Waals surface area contributed by atoms with Crippen LogP contribution in [-0.2, 0) is 43.7 Å². The Hall–Kier alpha value is 1.75. The average molecular weight is 163 g/mol. The quantitative estimate of drug-likeness (QED) is 0.391. The summed E-state index contributed by atoms with van der Waals surface area (Å²) in [6.45, 7) is 0. The van der Waals surface area contributed by atoms with Gasteiger partial charge in [0.25, 0.3) is 0 Å². The Morgan fingerprint density at radius 3 is 0.800 bits per heavy atom. The third kappa shape index (κ3) is 26.4. The van der Waals surface area contributed by atoms with E-state index in [-0.39, 0.29) is 72.2 Å². The number of hydrogen-bond acceptors (Lipinski definition) is 0. The van der Waals surface area contributed by atoms with Crippen LogP contribution in [0.25, 0.3) is 0 Å². The maximum absolute atomic E-state index is 0. The van der Waals surface area contributed by atoms with Gasteiger partial charge in [0.15, 0.2) is 0 Å². The molecular weight excluding hydrogens is 161 g/mol. The van der Waals surface area contributed by atoms with E-state index in [1.165, 1.54) is 0 Å². The van der Waals surface area contributed by atoms with Crippen molar-refractivity contribution in [2.24, 2.45) is 0 Å². The van der Waals surface area contributed by atoms with Crippen LogP contribution in [0.2, 0.25) is 0 Å². The van der Waals surface area contributed by atoms with E-state index < -0.39 is 0 Å². The third-order valence-electron chi connectivity index (χ3n) is 0. The van der Waals surface area contributed by atoms with Crippen molar-refractivity contribution in [3.8, 4) is 0 Å². The summed E-state index contributed by atoms with van der Waals surface area (Å²) in [7, 11) is 0. The molecule has 0 aromatic rings. The van der Waals surface area contributed by atoms with Crippen molar-refractivity contribution >= 4 is 23.1 Å². The zero-order valence-electron chi connectivity index (χ0n) is 2.60. The summed E-state index contributed by atoms with van der Waals surface area (Å²) >= 11 is 0. The van der Waals surface area contributed by atoms with Crippen molar-refractivity contribution in [3.05, 3.63) is 0 Å². The van der Waals surface area contributed by atoms with Gasteiger partial charge >= 0.3 is 23.1 Å². The van der Waals surface area contributed by atoms with Gasteiger partial charge in [0.2, 0.25) is 0 Å². The molecular formula is H2MgO3Y-2. The first-order chi connectivity index (χ1) is 0. The standard InChI is InChI=1S/Mg.H2O.2O.Y/h;1H2;;;/q+2;;2*-2;. The van der Waals surface area contributed by atoms with Gasteiger partial charge < -0.3 is 16.4 Å². The fraction of sp³-hybridized carbons (Fsp3) is 0. The Bertz CT molecular complexity index is 6.85. The maximum atomic E-state index is 0. The molecule has 0 amide bonds. The predicted octanol–water partition coefficient (Wildman–Crippen LogP) is -1.45. The van der Waals surface area contributed by atoms with Gasteiger partial charge in [0.1, 0.15) is 0 Å². The van der Waals surface area contributed by atoms with Crippen LogP contribution in [0.1, 0.15) is 0 Å². The molecule has 0 atom stereocenters. The first-order valence-corrected chi connectivity index (χ1v) is 0. The summed E-state index contributed by atoms with van der Waals surface area (Å²) in [4.78, 5) is 0. The first kappa shape index (κ1) is 72.9. The molecule has 1 radical (unpaired) electrons. The van der Waals surface area contributed by atoms with E-state index in [2.05, 4.69) is 0 Å². The number of hydrogen-bond donors (Lipinski definition) is 0. The van der Waals surface area contributed by atoms with Crippen LogP contribution in [0.4, 0.5) is 0 Å². The van der Waals surface area contributed by atoms with Gasteiger partial charge in [0.05, 0.1) is 0 Å². The minimum absolute atomic E-state index is 0. The second kappa shape index (κ2) is 42.4. The van der Waals surface area contributed by atoms with Crippen LogP contribution < -0.4 is 0 Å².